The minimum atomic E-state index is -0.281. The van der Waals surface area contributed by atoms with Crippen LogP contribution in [0.15, 0.2) is 59.8 Å². The second-order valence-electron chi connectivity index (χ2n) is 4.69. The highest BCUT2D eigenvalue weighted by Crippen LogP contribution is 2.21. The van der Waals surface area contributed by atoms with Crippen molar-refractivity contribution in [3.05, 3.63) is 60.4 Å². The first-order valence-corrected chi connectivity index (χ1v) is 7.99. The molecule has 0 saturated heterocycles. The van der Waals surface area contributed by atoms with E-state index in [0.29, 0.717) is 29.1 Å². The molecule has 1 heterocycles. The maximum atomic E-state index is 12.8. The quantitative estimate of drug-likeness (QED) is 0.428. The maximum Gasteiger partial charge on any atom is 0.210 e. The van der Waals surface area contributed by atoms with Crippen molar-refractivity contribution < 1.29 is 9.13 Å². The molecule has 0 atom stereocenters. The molecular weight excluding hydrogens is 315 g/mol. The van der Waals surface area contributed by atoms with Gasteiger partial charge < -0.3 is 10.6 Å². The number of ether oxygens (including phenoxy) is 1. The zero-order chi connectivity index (χ0) is 16.1. The van der Waals surface area contributed by atoms with Gasteiger partial charge in [-0.15, -0.1) is 10.2 Å². The van der Waals surface area contributed by atoms with E-state index in [1.165, 1.54) is 28.6 Å². The Hall–Kier alpha value is -2.54. The van der Waals surface area contributed by atoms with Crippen LogP contribution >= 0.6 is 11.8 Å². The second kappa shape index (κ2) is 7.15. The van der Waals surface area contributed by atoms with Crippen LogP contribution in [-0.2, 0) is 0 Å². The number of nitrogens with zero attached hydrogens (tertiary/aromatic N) is 3. The number of rotatable bonds is 6. The third-order valence-corrected chi connectivity index (χ3v) is 4.00. The molecule has 0 radical (unpaired) electrons. The van der Waals surface area contributed by atoms with Gasteiger partial charge in [0, 0.05) is 11.3 Å². The van der Waals surface area contributed by atoms with Gasteiger partial charge in [-0.25, -0.2) is 9.07 Å². The number of nitrogen functional groups attached to an aromatic ring is 1. The first-order valence-electron chi connectivity index (χ1n) is 7.01. The minimum Gasteiger partial charge on any atom is -0.493 e. The molecule has 0 unspecified atom stereocenters. The summed E-state index contributed by atoms with van der Waals surface area (Å²) in [6.07, 6.45) is 0. The zero-order valence-corrected chi connectivity index (χ0v) is 13.0. The van der Waals surface area contributed by atoms with Crippen molar-refractivity contribution in [3.63, 3.8) is 0 Å². The Morgan fingerprint density at radius 2 is 1.78 bits per heavy atom. The number of benzene rings is 2. The van der Waals surface area contributed by atoms with Gasteiger partial charge in [0.15, 0.2) is 5.82 Å². The van der Waals surface area contributed by atoms with E-state index in [1.807, 2.05) is 30.3 Å². The summed E-state index contributed by atoms with van der Waals surface area (Å²) in [6, 6.07) is 15.6. The Morgan fingerprint density at radius 3 is 2.52 bits per heavy atom. The van der Waals surface area contributed by atoms with Crippen LogP contribution in [0.5, 0.6) is 5.75 Å². The Bertz CT molecular complexity index is 762. The van der Waals surface area contributed by atoms with Gasteiger partial charge in [-0.3, -0.25) is 0 Å². The Balaban J connectivity index is 1.55. The van der Waals surface area contributed by atoms with Crippen LogP contribution in [0, 0.1) is 5.82 Å². The lowest BCUT2D eigenvalue weighted by atomic mass is 10.2. The lowest BCUT2D eigenvalue weighted by molar-refractivity contribution is 0.343. The van der Waals surface area contributed by atoms with Crippen molar-refractivity contribution in [1.82, 2.24) is 14.9 Å². The lowest BCUT2D eigenvalue weighted by Crippen LogP contribution is -2.12. The van der Waals surface area contributed by atoms with Crippen LogP contribution in [0.3, 0.4) is 0 Å². The molecule has 0 aliphatic rings. The topological polar surface area (TPSA) is 66.0 Å². The highest BCUT2D eigenvalue weighted by atomic mass is 32.2. The molecule has 1 aromatic heterocycles. The van der Waals surface area contributed by atoms with E-state index in [1.54, 1.807) is 12.1 Å². The highest BCUT2D eigenvalue weighted by Gasteiger charge is 2.11. The number of nitrogens with two attached hydrogens (primary N) is 1. The summed E-state index contributed by atoms with van der Waals surface area (Å²) >= 11 is 1.45. The van der Waals surface area contributed by atoms with Gasteiger partial charge in [0.1, 0.15) is 11.6 Å². The molecule has 3 aromatic rings. The number of thioether (sulfide) groups is 1. The summed E-state index contributed by atoms with van der Waals surface area (Å²) in [6.45, 7) is 0.462. The van der Waals surface area contributed by atoms with E-state index >= 15 is 0 Å². The Morgan fingerprint density at radius 1 is 1.04 bits per heavy atom. The molecule has 0 aliphatic heterocycles. The lowest BCUT2D eigenvalue weighted by Gasteiger charge is -2.06. The summed E-state index contributed by atoms with van der Waals surface area (Å²) in [4.78, 5) is 0. The average Bonchev–Trinajstić information content (AvgIpc) is 2.95. The van der Waals surface area contributed by atoms with Gasteiger partial charge in [-0.2, -0.15) is 0 Å². The molecule has 23 heavy (non-hydrogen) atoms. The third-order valence-electron chi connectivity index (χ3n) is 3.09. The summed E-state index contributed by atoms with van der Waals surface area (Å²) in [7, 11) is 0. The molecule has 5 nitrogen and oxygen atoms in total. The Kier molecular flexibility index (Phi) is 4.77. The summed E-state index contributed by atoms with van der Waals surface area (Å²) < 4.78 is 19.8. The molecule has 2 N–H and O–H groups in total. The first kappa shape index (κ1) is 15.4. The third kappa shape index (κ3) is 3.81. The Labute approximate surface area is 137 Å². The molecule has 0 bridgehead atoms. The van der Waals surface area contributed by atoms with Gasteiger partial charge in [0.25, 0.3) is 0 Å². The molecule has 0 aliphatic carbocycles. The van der Waals surface area contributed by atoms with Crippen LogP contribution in [0.4, 0.5) is 4.39 Å². The van der Waals surface area contributed by atoms with Crippen molar-refractivity contribution >= 4 is 11.8 Å². The predicted molar refractivity (Wildman–Crippen MR) is 88.2 cm³/mol. The number of hydrogen-bond donors (Lipinski definition) is 1. The normalized spacial score (nSPS) is 10.7. The van der Waals surface area contributed by atoms with Crippen molar-refractivity contribution in [2.75, 3.05) is 18.2 Å². The molecule has 0 amide bonds. The van der Waals surface area contributed by atoms with E-state index < -0.39 is 0 Å². The van der Waals surface area contributed by atoms with Crippen molar-refractivity contribution in [3.8, 4) is 17.1 Å². The van der Waals surface area contributed by atoms with E-state index in [2.05, 4.69) is 10.2 Å². The standard InChI is InChI=1S/C16H15FN4OS/c17-13-6-8-14(9-7-13)22-10-11-23-16-20-19-15(21(16)18)12-4-2-1-3-5-12/h1-9H,10-11,18H2. The van der Waals surface area contributed by atoms with Gasteiger partial charge >= 0.3 is 0 Å². The number of hydrogen-bond acceptors (Lipinski definition) is 5. The van der Waals surface area contributed by atoms with Crippen LogP contribution in [-0.4, -0.2) is 27.2 Å². The number of halogens is 1. The van der Waals surface area contributed by atoms with Crippen LogP contribution < -0.4 is 10.6 Å². The molecule has 2 aromatic carbocycles. The summed E-state index contributed by atoms with van der Waals surface area (Å²) in [5.74, 6) is 7.66. The van der Waals surface area contributed by atoms with E-state index in [0.717, 1.165) is 5.56 Å². The van der Waals surface area contributed by atoms with Gasteiger partial charge in [-0.05, 0) is 24.3 Å². The fourth-order valence-electron chi connectivity index (χ4n) is 1.98. The predicted octanol–water partition coefficient (Wildman–Crippen LogP) is 2.97. The minimum absolute atomic E-state index is 0.281. The van der Waals surface area contributed by atoms with Crippen LogP contribution in [0.1, 0.15) is 0 Å². The van der Waals surface area contributed by atoms with E-state index in [4.69, 9.17) is 10.6 Å². The summed E-state index contributed by atoms with van der Waals surface area (Å²) in [5, 5.41) is 8.83. The number of aromatic nitrogens is 3. The van der Waals surface area contributed by atoms with E-state index in [-0.39, 0.29) is 5.82 Å². The fraction of sp³-hybridized carbons (Fsp3) is 0.125. The zero-order valence-electron chi connectivity index (χ0n) is 12.2. The molecule has 0 fully saturated rings. The monoisotopic (exact) mass is 330 g/mol. The van der Waals surface area contributed by atoms with Crippen molar-refractivity contribution in [1.29, 1.82) is 0 Å². The van der Waals surface area contributed by atoms with Crippen LogP contribution in [0.25, 0.3) is 11.4 Å². The molecule has 3 rings (SSSR count). The van der Waals surface area contributed by atoms with Gasteiger partial charge in [0.05, 0.1) is 6.61 Å². The summed E-state index contributed by atoms with van der Waals surface area (Å²) in [5.41, 5.74) is 0.914. The maximum absolute atomic E-state index is 12.8. The second-order valence-corrected chi connectivity index (χ2v) is 5.76. The molecule has 0 saturated carbocycles. The highest BCUT2D eigenvalue weighted by molar-refractivity contribution is 7.99. The van der Waals surface area contributed by atoms with Gasteiger partial charge in [0.2, 0.25) is 5.16 Å². The molecule has 7 heteroatoms. The smallest absolute Gasteiger partial charge is 0.210 e. The van der Waals surface area contributed by atoms with Gasteiger partial charge in [-0.1, -0.05) is 42.1 Å². The molecular formula is C16H15FN4OS. The van der Waals surface area contributed by atoms with Crippen molar-refractivity contribution in [2.24, 2.45) is 0 Å². The average molecular weight is 330 g/mol. The van der Waals surface area contributed by atoms with Crippen LogP contribution in [0.2, 0.25) is 0 Å². The van der Waals surface area contributed by atoms with E-state index in [9.17, 15) is 4.39 Å². The van der Waals surface area contributed by atoms with Crippen molar-refractivity contribution in [2.45, 2.75) is 5.16 Å². The SMILES string of the molecule is Nn1c(SCCOc2ccc(F)cc2)nnc1-c1ccccc1. The molecule has 0 spiro atoms. The molecule has 118 valence electrons. The fourth-order valence-corrected chi connectivity index (χ4v) is 2.66. The first-order chi connectivity index (χ1) is 11.2. The largest absolute Gasteiger partial charge is 0.493 e.